The second-order valence-corrected chi connectivity index (χ2v) is 5.53. The maximum Gasteiger partial charge on any atom is 0.227 e. The maximum atomic E-state index is 12.5. The lowest BCUT2D eigenvalue weighted by molar-refractivity contribution is -0.138. The van der Waals surface area contributed by atoms with Crippen LogP contribution in [-0.4, -0.2) is 43.2 Å². The van der Waals surface area contributed by atoms with Crippen LogP contribution in [0.2, 0.25) is 0 Å². The first-order valence-electron chi connectivity index (χ1n) is 6.70. The first-order valence-corrected chi connectivity index (χ1v) is 6.70. The van der Waals surface area contributed by atoms with Gasteiger partial charge in [0.05, 0.1) is 12.0 Å². The van der Waals surface area contributed by atoms with Gasteiger partial charge in [0.2, 0.25) is 5.91 Å². The highest BCUT2D eigenvalue weighted by Crippen LogP contribution is 2.31. The lowest BCUT2D eigenvalue weighted by Gasteiger charge is -2.35. The molecule has 1 aliphatic heterocycles. The standard InChI is InChI=1S/C13H24N2O2/c1-9-4-3-5-11(14)12(9)13(16)15-7-6-10(8-15)17-2/h9-12H,3-8,14H2,1-2H3. The predicted octanol–water partition coefficient (Wildman–Crippen LogP) is 0.997. The monoisotopic (exact) mass is 240 g/mol. The Morgan fingerprint density at radius 1 is 1.35 bits per heavy atom. The summed E-state index contributed by atoms with van der Waals surface area (Å²) in [5.41, 5.74) is 6.13. The van der Waals surface area contributed by atoms with Crippen molar-refractivity contribution in [2.75, 3.05) is 20.2 Å². The van der Waals surface area contributed by atoms with Gasteiger partial charge in [-0.05, 0) is 25.2 Å². The molecule has 1 amide bonds. The second kappa shape index (κ2) is 5.36. The molecule has 4 heteroatoms. The van der Waals surface area contributed by atoms with Crippen LogP contribution in [0.4, 0.5) is 0 Å². The number of ether oxygens (including phenoxy) is 1. The molecule has 17 heavy (non-hydrogen) atoms. The maximum absolute atomic E-state index is 12.5. The number of nitrogens with two attached hydrogens (primary N) is 1. The van der Waals surface area contributed by atoms with E-state index in [9.17, 15) is 4.79 Å². The number of amides is 1. The van der Waals surface area contributed by atoms with Gasteiger partial charge in [-0.25, -0.2) is 0 Å². The molecule has 2 aliphatic rings. The van der Waals surface area contributed by atoms with Crippen LogP contribution in [0, 0.1) is 11.8 Å². The summed E-state index contributed by atoms with van der Waals surface area (Å²) in [6, 6.07) is 0.0489. The van der Waals surface area contributed by atoms with Gasteiger partial charge in [-0.2, -0.15) is 0 Å². The van der Waals surface area contributed by atoms with E-state index in [-0.39, 0.29) is 24.0 Å². The smallest absolute Gasteiger partial charge is 0.227 e. The fourth-order valence-electron chi connectivity index (χ4n) is 3.21. The minimum atomic E-state index is 0.0272. The van der Waals surface area contributed by atoms with Crippen molar-refractivity contribution in [3.63, 3.8) is 0 Å². The molecular formula is C13H24N2O2. The minimum absolute atomic E-state index is 0.0272. The molecule has 0 aromatic rings. The highest BCUT2D eigenvalue weighted by Gasteiger charge is 2.38. The van der Waals surface area contributed by atoms with Crippen molar-refractivity contribution in [1.82, 2.24) is 4.90 Å². The van der Waals surface area contributed by atoms with Gasteiger partial charge in [0.1, 0.15) is 0 Å². The van der Waals surface area contributed by atoms with E-state index in [4.69, 9.17) is 10.5 Å². The van der Waals surface area contributed by atoms with Crippen LogP contribution in [0.15, 0.2) is 0 Å². The molecule has 0 spiro atoms. The van der Waals surface area contributed by atoms with Gasteiger partial charge in [0.15, 0.2) is 0 Å². The number of hydrogen-bond donors (Lipinski definition) is 1. The van der Waals surface area contributed by atoms with E-state index < -0.39 is 0 Å². The van der Waals surface area contributed by atoms with E-state index in [1.807, 2.05) is 4.90 Å². The molecule has 0 aromatic carbocycles. The molecule has 0 aromatic heterocycles. The van der Waals surface area contributed by atoms with Crippen LogP contribution in [0.5, 0.6) is 0 Å². The van der Waals surface area contributed by atoms with Gasteiger partial charge in [-0.3, -0.25) is 4.79 Å². The fourth-order valence-corrected chi connectivity index (χ4v) is 3.21. The Labute approximate surface area is 103 Å². The van der Waals surface area contributed by atoms with Gasteiger partial charge in [0, 0.05) is 26.2 Å². The summed E-state index contributed by atoms with van der Waals surface area (Å²) in [6.45, 7) is 3.73. The van der Waals surface area contributed by atoms with Crippen molar-refractivity contribution in [3.8, 4) is 0 Å². The highest BCUT2D eigenvalue weighted by molar-refractivity contribution is 5.80. The van der Waals surface area contributed by atoms with E-state index in [1.165, 1.54) is 0 Å². The van der Waals surface area contributed by atoms with Gasteiger partial charge in [0.25, 0.3) is 0 Å². The number of methoxy groups -OCH3 is 1. The summed E-state index contributed by atoms with van der Waals surface area (Å²) in [4.78, 5) is 14.4. The summed E-state index contributed by atoms with van der Waals surface area (Å²) in [5, 5.41) is 0. The summed E-state index contributed by atoms with van der Waals surface area (Å²) in [5.74, 6) is 0.705. The Morgan fingerprint density at radius 3 is 2.71 bits per heavy atom. The molecule has 98 valence electrons. The van der Waals surface area contributed by atoms with E-state index in [1.54, 1.807) is 7.11 Å². The average Bonchev–Trinajstić information content (AvgIpc) is 2.77. The molecule has 1 saturated carbocycles. The van der Waals surface area contributed by atoms with Crippen LogP contribution < -0.4 is 5.73 Å². The summed E-state index contributed by atoms with van der Waals surface area (Å²) in [6.07, 6.45) is 4.45. The van der Waals surface area contributed by atoms with E-state index >= 15 is 0 Å². The van der Waals surface area contributed by atoms with Crippen LogP contribution in [0.25, 0.3) is 0 Å². The first-order chi connectivity index (χ1) is 8.13. The molecule has 1 aliphatic carbocycles. The third-order valence-corrected chi connectivity index (χ3v) is 4.35. The van der Waals surface area contributed by atoms with Gasteiger partial charge >= 0.3 is 0 Å². The predicted molar refractivity (Wildman–Crippen MR) is 66.5 cm³/mol. The number of carbonyl (C=O) groups excluding carboxylic acids is 1. The Bertz CT molecular complexity index is 273. The van der Waals surface area contributed by atoms with Crippen molar-refractivity contribution in [2.24, 2.45) is 17.6 Å². The zero-order chi connectivity index (χ0) is 12.4. The second-order valence-electron chi connectivity index (χ2n) is 5.53. The Balaban J connectivity index is 1.99. The number of rotatable bonds is 2. The van der Waals surface area contributed by atoms with Gasteiger partial charge < -0.3 is 15.4 Å². The average molecular weight is 240 g/mol. The van der Waals surface area contributed by atoms with Crippen molar-refractivity contribution in [3.05, 3.63) is 0 Å². The van der Waals surface area contributed by atoms with Crippen molar-refractivity contribution < 1.29 is 9.53 Å². The molecule has 4 unspecified atom stereocenters. The molecule has 4 atom stereocenters. The largest absolute Gasteiger partial charge is 0.380 e. The van der Waals surface area contributed by atoms with Gasteiger partial charge in [-0.15, -0.1) is 0 Å². The summed E-state index contributed by atoms with van der Waals surface area (Å²) < 4.78 is 5.31. The Morgan fingerprint density at radius 2 is 2.12 bits per heavy atom. The molecule has 0 radical (unpaired) electrons. The van der Waals surface area contributed by atoms with E-state index in [2.05, 4.69) is 6.92 Å². The minimum Gasteiger partial charge on any atom is -0.380 e. The molecule has 2 fully saturated rings. The number of likely N-dealkylation sites (tertiary alicyclic amines) is 1. The topological polar surface area (TPSA) is 55.6 Å². The van der Waals surface area contributed by atoms with Crippen LogP contribution in [-0.2, 0) is 9.53 Å². The normalized spacial score (nSPS) is 38.4. The van der Waals surface area contributed by atoms with Crippen molar-refractivity contribution >= 4 is 5.91 Å². The van der Waals surface area contributed by atoms with E-state index in [0.717, 1.165) is 38.8 Å². The SMILES string of the molecule is COC1CCN(C(=O)C2C(C)CCCC2N)C1. The van der Waals surface area contributed by atoms with Crippen LogP contribution in [0.1, 0.15) is 32.6 Å². The molecule has 2 N–H and O–H groups in total. The Hall–Kier alpha value is -0.610. The third kappa shape index (κ3) is 2.63. The quantitative estimate of drug-likeness (QED) is 0.783. The molecular weight excluding hydrogens is 216 g/mol. The number of nitrogens with zero attached hydrogens (tertiary/aromatic N) is 1. The van der Waals surface area contributed by atoms with Crippen LogP contribution in [0.3, 0.4) is 0 Å². The van der Waals surface area contributed by atoms with E-state index in [0.29, 0.717) is 5.92 Å². The lowest BCUT2D eigenvalue weighted by Crippen LogP contribution is -2.48. The molecule has 4 nitrogen and oxygen atoms in total. The zero-order valence-electron chi connectivity index (χ0n) is 10.9. The first kappa shape index (κ1) is 12.8. The van der Waals surface area contributed by atoms with Crippen LogP contribution >= 0.6 is 0 Å². The number of hydrogen-bond acceptors (Lipinski definition) is 3. The zero-order valence-corrected chi connectivity index (χ0v) is 10.9. The third-order valence-electron chi connectivity index (χ3n) is 4.35. The summed E-state index contributed by atoms with van der Waals surface area (Å²) >= 11 is 0. The number of carbonyl (C=O) groups is 1. The Kier molecular flexibility index (Phi) is 4.05. The molecule has 0 bridgehead atoms. The molecule has 1 saturated heterocycles. The molecule has 1 heterocycles. The lowest BCUT2D eigenvalue weighted by atomic mass is 9.76. The summed E-state index contributed by atoms with van der Waals surface area (Å²) in [7, 11) is 1.72. The highest BCUT2D eigenvalue weighted by atomic mass is 16.5. The van der Waals surface area contributed by atoms with Crippen molar-refractivity contribution in [2.45, 2.75) is 44.8 Å². The fraction of sp³-hybridized carbons (Fsp3) is 0.923. The van der Waals surface area contributed by atoms with Crippen molar-refractivity contribution in [1.29, 1.82) is 0 Å². The molecule has 2 rings (SSSR count). The van der Waals surface area contributed by atoms with Gasteiger partial charge in [-0.1, -0.05) is 13.3 Å².